The summed E-state index contributed by atoms with van der Waals surface area (Å²) >= 11 is 0. The molecule has 2 N–H and O–H groups in total. The molecule has 1 unspecified atom stereocenters. The predicted molar refractivity (Wildman–Crippen MR) is 47.3 cm³/mol. The molecule has 3 aliphatic carbocycles. The number of carboxylic acids is 1. The van der Waals surface area contributed by atoms with Crippen molar-refractivity contribution in [3.63, 3.8) is 0 Å². The third-order valence-electron chi connectivity index (χ3n) is 4.38. The van der Waals surface area contributed by atoms with Crippen molar-refractivity contribution in [3.8, 4) is 0 Å². The minimum atomic E-state index is -0.672. The fraction of sp³-hybridized carbons (Fsp3) is 0.900. The van der Waals surface area contributed by atoms with Gasteiger partial charge in [-0.05, 0) is 49.5 Å². The zero-order chi connectivity index (χ0) is 9.05. The molecule has 0 aromatic heterocycles. The van der Waals surface area contributed by atoms with Gasteiger partial charge in [-0.15, -0.1) is 0 Å². The van der Waals surface area contributed by atoms with E-state index in [-0.39, 0.29) is 6.04 Å². The van der Waals surface area contributed by atoms with Crippen molar-refractivity contribution in [2.45, 2.75) is 31.7 Å². The Hall–Kier alpha value is -0.570. The SMILES string of the molecule is O=C(O)[C@@H]1CC(C23CC(C2)C3)CN1. The monoisotopic (exact) mass is 181 g/mol. The molecule has 0 aromatic rings. The lowest BCUT2D eigenvalue weighted by molar-refractivity contribution is -0.149. The zero-order valence-electron chi connectivity index (χ0n) is 7.62. The topological polar surface area (TPSA) is 49.3 Å². The highest BCUT2D eigenvalue weighted by molar-refractivity contribution is 5.73. The lowest BCUT2D eigenvalue weighted by atomic mass is 9.40. The summed E-state index contributed by atoms with van der Waals surface area (Å²) in [7, 11) is 0. The molecule has 3 nitrogen and oxygen atoms in total. The van der Waals surface area contributed by atoms with Crippen molar-refractivity contribution in [3.05, 3.63) is 0 Å². The van der Waals surface area contributed by atoms with E-state index in [2.05, 4.69) is 5.32 Å². The lowest BCUT2D eigenvalue weighted by Crippen LogP contribution is -2.56. The van der Waals surface area contributed by atoms with Crippen LogP contribution in [-0.4, -0.2) is 23.7 Å². The highest BCUT2D eigenvalue weighted by Crippen LogP contribution is 2.69. The quantitative estimate of drug-likeness (QED) is 0.664. The first-order chi connectivity index (χ1) is 6.20. The van der Waals surface area contributed by atoms with Gasteiger partial charge in [-0.2, -0.15) is 0 Å². The highest BCUT2D eigenvalue weighted by atomic mass is 16.4. The van der Waals surface area contributed by atoms with Gasteiger partial charge in [0.05, 0.1) is 0 Å². The van der Waals surface area contributed by atoms with Gasteiger partial charge in [-0.3, -0.25) is 4.79 Å². The average molecular weight is 181 g/mol. The van der Waals surface area contributed by atoms with Crippen LogP contribution in [0.5, 0.6) is 0 Å². The molecule has 0 amide bonds. The van der Waals surface area contributed by atoms with Crippen LogP contribution in [0.15, 0.2) is 0 Å². The maximum Gasteiger partial charge on any atom is 0.320 e. The third-order valence-corrected chi connectivity index (χ3v) is 4.38. The van der Waals surface area contributed by atoms with Crippen LogP contribution >= 0.6 is 0 Å². The maximum absolute atomic E-state index is 10.7. The predicted octanol–water partition coefficient (Wildman–Crippen LogP) is 0.849. The molecular formula is C10H15NO2. The maximum atomic E-state index is 10.7. The molecule has 1 saturated heterocycles. The van der Waals surface area contributed by atoms with Crippen LogP contribution in [-0.2, 0) is 4.79 Å². The van der Waals surface area contributed by atoms with Gasteiger partial charge in [-0.1, -0.05) is 0 Å². The Bertz CT molecular complexity index is 247. The summed E-state index contributed by atoms with van der Waals surface area (Å²) in [4.78, 5) is 10.7. The fourth-order valence-corrected chi connectivity index (χ4v) is 3.44. The van der Waals surface area contributed by atoms with Gasteiger partial charge in [0, 0.05) is 0 Å². The number of hydrogen-bond donors (Lipinski definition) is 2. The molecule has 0 radical (unpaired) electrons. The summed E-state index contributed by atoms with van der Waals surface area (Å²) in [5, 5.41) is 11.9. The number of nitrogens with one attached hydrogen (secondary N) is 1. The Morgan fingerprint density at radius 3 is 2.46 bits per heavy atom. The second-order valence-electron chi connectivity index (χ2n) is 5.07. The largest absolute Gasteiger partial charge is 0.480 e. The smallest absolute Gasteiger partial charge is 0.320 e. The zero-order valence-corrected chi connectivity index (χ0v) is 7.62. The Morgan fingerprint density at radius 2 is 2.08 bits per heavy atom. The average Bonchev–Trinajstić information content (AvgIpc) is 2.28. The normalized spacial score (nSPS) is 52.5. The molecule has 13 heavy (non-hydrogen) atoms. The molecule has 2 bridgehead atoms. The number of carboxylic acid groups (broad SMARTS) is 1. The van der Waals surface area contributed by atoms with E-state index in [0.29, 0.717) is 11.3 Å². The first kappa shape index (κ1) is 7.80. The van der Waals surface area contributed by atoms with E-state index < -0.39 is 5.97 Å². The molecule has 4 aliphatic rings. The van der Waals surface area contributed by atoms with Gasteiger partial charge >= 0.3 is 5.97 Å². The molecule has 1 aliphatic heterocycles. The van der Waals surface area contributed by atoms with Gasteiger partial charge in [-0.25, -0.2) is 0 Å². The van der Waals surface area contributed by atoms with Crippen LogP contribution in [0.1, 0.15) is 25.7 Å². The molecule has 0 aromatic carbocycles. The van der Waals surface area contributed by atoms with Gasteiger partial charge in [0.25, 0.3) is 0 Å². The van der Waals surface area contributed by atoms with E-state index >= 15 is 0 Å². The Kier molecular flexibility index (Phi) is 1.36. The second-order valence-corrected chi connectivity index (χ2v) is 5.07. The summed E-state index contributed by atoms with van der Waals surface area (Å²) in [5.74, 6) is 0.983. The Balaban J connectivity index is 1.66. The van der Waals surface area contributed by atoms with E-state index in [0.717, 1.165) is 18.9 Å². The van der Waals surface area contributed by atoms with E-state index in [1.54, 1.807) is 0 Å². The van der Waals surface area contributed by atoms with E-state index in [4.69, 9.17) is 5.11 Å². The summed E-state index contributed by atoms with van der Waals surface area (Å²) in [6.45, 7) is 0.934. The standard InChI is InChI=1S/C10H15NO2/c12-9(13)8-1-7(5-11-8)10-2-6(3-10)4-10/h6-8,11H,1-5H2,(H,12,13)/t6?,7?,8-,10?/m0/s1. The van der Waals surface area contributed by atoms with Crippen LogP contribution in [0.2, 0.25) is 0 Å². The second kappa shape index (κ2) is 2.27. The molecule has 3 heteroatoms. The van der Waals surface area contributed by atoms with Crippen LogP contribution in [0.3, 0.4) is 0 Å². The molecule has 4 rings (SSSR count). The van der Waals surface area contributed by atoms with Crippen molar-refractivity contribution in [1.29, 1.82) is 0 Å². The highest BCUT2D eigenvalue weighted by Gasteiger charge is 2.61. The third kappa shape index (κ3) is 0.909. The fourth-order valence-electron chi connectivity index (χ4n) is 3.44. The lowest BCUT2D eigenvalue weighted by Gasteiger charge is -2.65. The molecule has 3 saturated carbocycles. The summed E-state index contributed by atoms with van der Waals surface area (Å²) in [6, 6.07) is -0.265. The summed E-state index contributed by atoms with van der Waals surface area (Å²) in [5.41, 5.74) is 0.585. The van der Waals surface area contributed by atoms with Gasteiger partial charge < -0.3 is 10.4 Å². The molecule has 4 fully saturated rings. The molecule has 1 heterocycles. The van der Waals surface area contributed by atoms with Crippen molar-refractivity contribution in [2.75, 3.05) is 6.54 Å². The van der Waals surface area contributed by atoms with Gasteiger partial charge in [0.2, 0.25) is 0 Å². The molecule has 0 spiro atoms. The number of carbonyl (C=O) groups is 1. The van der Waals surface area contributed by atoms with Crippen molar-refractivity contribution in [1.82, 2.24) is 5.32 Å². The van der Waals surface area contributed by atoms with E-state index in [1.165, 1.54) is 19.3 Å². The van der Waals surface area contributed by atoms with Crippen molar-refractivity contribution < 1.29 is 9.90 Å². The number of rotatable bonds is 2. The number of aliphatic carboxylic acids is 1. The van der Waals surface area contributed by atoms with Crippen LogP contribution in [0.4, 0.5) is 0 Å². The molecule has 72 valence electrons. The Labute approximate surface area is 77.5 Å². The van der Waals surface area contributed by atoms with E-state index in [9.17, 15) is 4.79 Å². The van der Waals surface area contributed by atoms with Crippen LogP contribution in [0.25, 0.3) is 0 Å². The minimum absolute atomic E-state index is 0.265. The molecular weight excluding hydrogens is 166 g/mol. The van der Waals surface area contributed by atoms with Gasteiger partial charge in [0.15, 0.2) is 0 Å². The van der Waals surface area contributed by atoms with Crippen molar-refractivity contribution in [2.24, 2.45) is 17.3 Å². The molecule has 2 atom stereocenters. The first-order valence-corrected chi connectivity index (χ1v) is 5.16. The van der Waals surface area contributed by atoms with Crippen LogP contribution < -0.4 is 5.32 Å². The van der Waals surface area contributed by atoms with Crippen LogP contribution in [0, 0.1) is 17.3 Å². The Morgan fingerprint density at radius 1 is 1.38 bits per heavy atom. The summed E-state index contributed by atoms with van der Waals surface area (Å²) in [6.07, 6.45) is 5.01. The minimum Gasteiger partial charge on any atom is -0.480 e. The number of hydrogen-bond acceptors (Lipinski definition) is 2. The summed E-state index contributed by atoms with van der Waals surface area (Å²) < 4.78 is 0. The van der Waals surface area contributed by atoms with Crippen molar-refractivity contribution >= 4 is 5.97 Å². The van der Waals surface area contributed by atoms with Gasteiger partial charge in [0.1, 0.15) is 6.04 Å². The first-order valence-electron chi connectivity index (χ1n) is 5.16. The van der Waals surface area contributed by atoms with E-state index in [1.807, 2.05) is 0 Å².